The number of nitrogens with zero attached hydrogens (tertiary/aromatic N) is 2. The van der Waals surface area contributed by atoms with Gasteiger partial charge in [-0.1, -0.05) is 44.6 Å². The quantitative estimate of drug-likeness (QED) is 0.280. The highest BCUT2D eigenvalue weighted by atomic mass is 16.5. The summed E-state index contributed by atoms with van der Waals surface area (Å²) in [6.45, 7) is 4.75. The summed E-state index contributed by atoms with van der Waals surface area (Å²) in [7, 11) is 1.58. The molecule has 190 valence electrons. The van der Waals surface area contributed by atoms with Crippen LogP contribution in [0, 0.1) is 11.8 Å². The van der Waals surface area contributed by atoms with Gasteiger partial charge in [0.15, 0.2) is 0 Å². The molecule has 1 heterocycles. The van der Waals surface area contributed by atoms with Crippen LogP contribution >= 0.6 is 0 Å². The number of amides is 4. The van der Waals surface area contributed by atoms with Gasteiger partial charge in [-0.3, -0.25) is 24.1 Å². The zero-order valence-electron chi connectivity index (χ0n) is 21.0. The van der Waals surface area contributed by atoms with Crippen LogP contribution < -0.4 is 10.1 Å². The molecule has 0 bridgehead atoms. The van der Waals surface area contributed by atoms with Crippen LogP contribution in [-0.4, -0.2) is 59.7 Å². The fourth-order valence-electron chi connectivity index (χ4n) is 4.83. The van der Waals surface area contributed by atoms with Crippen molar-refractivity contribution in [2.24, 2.45) is 11.8 Å². The molecule has 1 saturated heterocycles. The van der Waals surface area contributed by atoms with Crippen molar-refractivity contribution in [1.82, 2.24) is 15.1 Å². The maximum absolute atomic E-state index is 13.5. The fraction of sp³-hybridized carbons (Fsp3) is 0.556. The number of ether oxygens (including phenoxy) is 1. The van der Waals surface area contributed by atoms with E-state index in [1.165, 1.54) is 4.90 Å². The fourth-order valence-corrected chi connectivity index (χ4v) is 4.83. The zero-order chi connectivity index (χ0) is 25.4. The Balaban J connectivity index is 1.75. The number of fused-ring (bicyclic) bond motifs is 1. The van der Waals surface area contributed by atoms with Gasteiger partial charge in [-0.15, -0.1) is 0 Å². The Morgan fingerprint density at radius 1 is 1.14 bits per heavy atom. The van der Waals surface area contributed by atoms with Gasteiger partial charge in [0.05, 0.1) is 18.9 Å². The van der Waals surface area contributed by atoms with E-state index in [-0.39, 0.29) is 55.0 Å². The lowest BCUT2D eigenvalue weighted by Crippen LogP contribution is -2.49. The number of rotatable bonds is 12. The minimum absolute atomic E-state index is 0.0208. The van der Waals surface area contributed by atoms with Crippen molar-refractivity contribution in [3.8, 4) is 5.75 Å². The van der Waals surface area contributed by atoms with Crippen molar-refractivity contribution >= 4 is 23.6 Å². The molecule has 1 aliphatic carbocycles. The Labute approximate surface area is 207 Å². The topological polar surface area (TPSA) is 96.0 Å². The number of carbonyl (C=O) groups is 4. The van der Waals surface area contributed by atoms with Crippen molar-refractivity contribution in [1.29, 1.82) is 0 Å². The summed E-state index contributed by atoms with van der Waals surface area (Å²) < 4.78 is 5.31. The molecule has 8 nitrogen and oxygen atoms in total. The Morgan fingerprint density at radius 3 is 2.43 bits per heavy atom. The Bertz CT molecular complexity index is 934. The molecule has 3 rings (SSSR count). The predicted molar refractivity (Wildman–Crippen MR) is 132 cm³/mol. The first-order valence-corrected chi connectivity index (χ1v) is 12.6. The lowest BCUT2D eigenvalue weighted by molar-refractivity contribution is -0.144. The van der Waals surface area contributed by atoms with Crippen molar-refractivity contribution in [2.45, 2.75) is 65.0 Å². The number of nitrogens with one attached hydrogen (secondary N) is 1. The molecule has 3 atom stereocenters. The van der Waals surface area contributed by atoms with Gasteiger partial charge >= 0.3 is 0 Å². The van der Waals surface area contributed by atoms with Crippen molar-refractivity contribution < 1.29 is 23.9 Å². The highest BCUT2D eigenvalue weighted by Gasteiger charge is 2.47. The third-order valence-corrected chi connectivity index (χ3v) is 6.85. The van der Waals surface area contributed by atoms with E-state index >= 15 is 0 Å². The first-order chi connectivity index (χ1) is 16.9. The van der Waals surface area contributed by atoms with Crippen LogP contribution in [0.1, 0.15) is 57.9 Å². The molecule has 0 saturated carbocycles. The monoisotopic (exact) mass is 483 g/mol. The summed E-state index contributed by atoms with van der Waals surface area (Å²) in [5.74, 6) is -0.811. The Morgan fingerprint density at radius 2 is 1.83 bits per heavy atom. The van der Waals surface area contributed by atoms with Gasteiger partial charge in [-0.25, -0.2) is 0 Å². The molecule has 1 aromatic carbocycles. The van der Waals surface area contributed by atoms with Gasteiger partial charge in [-0.05, 0) is 43.4 Å². The van der Waals surface area contributed by atoms with Crippen LogP contribution in [0.2, 0.25) is 0 Å². The first-order valence-electron chi connectivity index (χ1n) is 12.6. The summed E-state index contributed by atoms with van der Waals surface area (Å²) in [4.78, 5) is 54.9. The summed E-state index contributed by atoms with van der Waals surface area (Å²) in [6.07, 6.45) is 7.27. The van der Waals surface area contributed by atoms with Crippen LogP contribution in [0.15, 0.2) is 36.4 Å². The molecule has 1 aromatic rings. The number of methoxy groups -OCH3 is 1. The minimum atomic E-state index is -0.651. The number of unbranched alkanes of at least 4 members (excludes halogenated alkanes) is 1. The Kier molecular flexibility index (Phi) is 9.46. The second-order valence-electron chi connectivity index (χ2n) is 9.18. The second kappa shape index (κ2) is 12.5. The molecule has 4 amide bonds. The molecule has 0 aromatic heterocycles. The molecule has 1 aliphatic heterocycles. The molecular formula is C27H37N3O5. The summed E-state index contributed by atoms with van der Waals surface area (Å²) in [5, 5.41) is 2.94. The first kappa shape index (κ1) is 26.4. The van der Waals surface area contributed by atoms with Gasteiger partial charge in [-0.2, -0.15) is 0 Å². The SMILES string of the molecule is CCCCNC(=O)C(CC)N(Cc1cccc(OC)c1)C(=O)CCN1C(=O)[C@H]2CC=CC[C@H]2C1=O. The maximum Gasteiger partial charge on any atom is 0.242 e. The standard InChI is InChI=1S/C27H37N3O5/c1-4-6-15-28-25(32)23(5-2)30(18-19-10-9-11-20(17-19)35-3)24(31)14-16-29-26(33)21-12-7-8-13-22(21)27(29)34/h7-11,17,21-23H,4-6,12-16,18H2,1-3H3,(H,28,32)/t21-,22+,23?. The van der Waals surface area contributed by atoms with Gasteiger partial charge in [0.1, 0.15) is 11.8 Å². The molecule has 1 unspecified atom stereocenters. The maximum atomic E-state index is 13.5. The third-order valence-electron chi connectivity index (χ3n) is 6.85. The molecular weight excluding hydrogens is 446 g/mol. The van der Waals surface area contributed by atoms with Gasteiger partial charge in [0.2, 0.25) is 23.6 Å². The van der Waals surface area contributed by atoms with Gasteiger partial charge < -0.3 is 15.0 Å². The summed E-state index contributed by atoms with van der Waals surface area (Å²) in [5.41, 5.74) is 0.836. The van der Waals surface area contributed by atoms with Crippen molar-refractivity contribution in [2.75, 3.05) is 20.2 Å². The van der Waals surface area contributed by atoms with Crippen molar-refractivity contribution in [3.63, 3.8) is 0 Å². The number of imide groups is 1. The van der Waals surface area contributed by atoms with Gasteiger partial charge in [0.25, 0.3) is 0 Å². The number of allylic oxidation sites excluding steroid dienone is 2. The van der Waals surface area contributed by atoms with E-state index < -0.39 is 6.04 Å². The molecule has 8 heteroatoms. The molecule has 35 heavy (non-hydrogen) atoms. The van der Waals surface area contributed by atoms with E-state index in [0.29, 0.717) is 31.6 Å². The summed E-state index contributed by atoms with van der Waals surface area (Å²) >= 11 is 0. The van der Waals surface area contributed by atoms with Crippen LogP contribution in [0.3, 0.4) is 0 Å². The van der Waals surface area contributed by atoms with E-state index in [9.17, 15) is 19.2 Å². The zero-order valence-corrected chi connectivity index (χ0v) is 21.0. The number of hydrogen-bond donors (Lipinski definition) is 1. The Hall–Kier alpha value is -3.16. The average Bonchev–Trinajstić information content (AvgIpc) is 3.12. The molecule has 1 N–H and O–H groups in total. The van der Waals surface area contributed by atoms with E-state index in [1.807, 2.05) is 43.3 Å². The third kappa shape index (κ3) is 6.29. The van der Waals surface area contributed by atoms with Crippen LogP contribution in [0.25, 0.3) is 0 Å². The predicted octanol–water partition coefficient (Wildman–Crippen LogP) is 3.06. The second-order valence-corrected chi connectivity index (χ2v) is 9.18. The molecule has 1 fully saturated rings. The molecule has 0 spiro atoms. The molecule has 0 radical (unpaired) electrons. The van der Waals surface area contributed by atoms with E-state index in [2.05, 4.69) is 12.2 Å². The van der Waals surface area contributed by atoms with E-state index in [1.54, 1.807) is 12.0 Å². The van der Waals surface area contributed by atoms with Crippen LogP contribution in [0.4, 0.5) is 0 Å². The van der Waals surface area contributed by atoms with Gasteiger partial charge in [0, 0.05) is 26.1 Å². The minimum Gasteiger partial charge on any atom is -0.497 e. The van der Waals surface area contributed by atoms with Crippen LogP contribution in [-0.2, 0) is 25.7 Å². The average molecular weight is 484 g/mol. The van der Waals surface area contributed by atoms with E-state index in [0.717, 1.165) is 18.4 Å². The normalized spacial score (nSPS) is 19.9. The highest BCUT2D eigenvalue weighted by Crippen LogP contribution is 2.35. The largest absolute Gasteiger partial charge is 0.497 e. The number of carbonyl (C=O) groups excluding carboxylic acids is 4. The lowest BCUT2D eigenvalue weighted by atomic mass is 9.85. The molecule has 2 aliphatic rings. The number of benzene rings is 1. The highest BCUT2D eigenvalue weighted by molar-refractivity contribution is 6.05. The van der Waals surface area contributed by atoms with E-state index in [4.69, 9.17) is 4.74 Å². The summed E-state index contributed by atoms with van der Waals surface area (Å²) in [6, 6.07) is 6.74. The number of likely N-dealkylation sites (tertiary alicyclic amines) is 1. The smallest absolute Gasteiger partial charge is 0.242 e. The number of hydrogen-bond acceptors (Lipinski definition) is 5. The van der Waals surface area contributed by atoms with Crippen LogP contribution in [0.5, 0.6) is 5.75 Å². The van der Waals surface area contributed by atoms with Crippen molar-refractivity contribution in [3.05, 3.63) is 42.0 Å². The lowest BCUT2D eigenvalue weighted by Gasteiger charge is -2.31.